The number of likely N-dealkylation sites (N-methyl/N-ethyl adjacent to an activating group) is 1. The first-order chi connectivity index (χ1) is 9.36. The van der Waals surface area contributed by atoms with Gasteiger partial charge in [-0.25, -0.2) is 0 Å². The third-order valence-electron chi connectivity index (χ3n) is 2.85. The fourth-order valence-corrected chi connectivity index (χ4v) is 2.04. The number of phenols is 1. The molecular weight excluding hydrogens is 256 g/mol. The second-order valence-corrected chi connectivity index (χ2v) is 5.08. The molecule has 0 saturated carbocycles. The van der Waals surface area contributed by atoms with Crippen molar-refractivity contribution in [2.45, 2.75) is 26.7 Å². The molecule has 5 nitrogen and oxygen atoms in total. The van der Waals surface area contributed by atoms with Crippen molar-refractivity contribution in [2.75, 3.05) is 26.0 Å². The van der Waals surface area contributed by atoms with Gasteiger partial charge in [0.05, 0.1) is 12.1 Å². The molecule has 0 unspecified atom stereocenters. The zero-order valence-electron chi connectivity index (χ0n) is 12.5. The van der Waals surface area contributed by atoms with Gasteiger partial charge in [0.2, 0.25) is 5.91 Å². The quantitative estimate of drug-likeness (QED) is 0.781. The van der Waals surface area contributed by atoms with E-state index in [0.29, 0.717) is 23.2 Å². The lowest BCUT2D eigenvalue weighted by Gasteiger charge is -2.15. The maximum Gasteiger partial charge on any atom is 0.221 e. The molecule has 0 aliphatic heterocycles. The van der Waals surface area contributed by atoms with Crippen LogP contribution in [-0.2, 0) is 11.2 Å². The molecule has 20 heavy (non-hydrogen) atoms. The fourth-order valence-electron chi connectivity index (χ4n) is 2.04. The van der Waals surface area contributed by atoms with Crippen LogP contribution in [0.5, 0.6) is 5.75 Å². The van der Waals surface area contributed by atoms with Gasteiger partial charge in [0.25, 0.3) is 0 Å². The summed E-state index contributed by atoms with van der Waals surface area (Å²) in [5.41, 5.74) is 1.49. The monoisotopic (exact) mass is 278 g/mol. The maximum atomic E-state index is 12.1. The summed E-state index contributed by atoms with van der Waals surface area (Å²) in [6, 6.07) is 3.24. The number of Topliss-reactive ketones (excluding diaryl/α,β-unsaturated/α-hetero) is 1. The Hall–Kier alpha value is -1.88. The summed E-state index contributed by atoms with van der Waals surface area (Å²) in [6.07, 6.45) is 1.41. The van der Waals surface area contributed by atoms with E-state index >= 15 is 0 Å². The third kappa shape index (κ3) is 4.06. The van der Waals surface area contributed by atoms with Crippen LogP contribution in [-0.4, -0.2) is 42.3 Å². The van der Waals surface area contributed by atoms with Gasteiger partial charge in [-0.2, -0.15) is 0 Å². The third-order valence-corrected chi connectivity index (χ3v) is 2.85. The molecule has 110 valence electrons. The molecule has 0 spiro atoms. The molecule has 2 N–H and O–H groups in total. The Morgan fingerprint density at radius 2 is 1.95 bits per heavy atom. The van der Waals surface area contributed by atoms with Gasteiger partial charge in [0.1, 0.15) is 5.75 Å². The van der Waals surface area contributed by atoms with Crippen LogP contribution in [0.25, 0.3) is 0 Å². The number of aromatic hydroxyl groups is 1. The minimum atomic E-state index is -0.200. The standard InChI is InChI=1S/C15H22N2O3/c1-5-6-11-13(16-10(2)18)8-7-12(15(11)20)14(19)9-17(3)4/h7-8,20H,5-6,9H2,1-4H3,(H,16,18). The molecule has 1 aromatic carbocycles. The first-order valence-electron chi connectivity index (χ1n) is 6.67. The van der Waals surface area contributed by atoms with E-state index in [0.717, 1.165) is 6.42 Å². The number of benzene rings is 1. The topological polar surface area (TPSA) is 69.6 Å². The normalized spacial score (nSPS) is 10.7. The van der Waals surface area contributed by atoms with Gasteiger partial charge in [-0.1, -0.05) is 13.3 Å². The van der Waals surface area contributed by atoms with Crippen molar-refractivity contribution in [2.24, 2.45) is 0 Å². The summed E-state index contributed by atoms with van der Waals surface area (Å²) in [6.45, 7) is 3.63. The van der Waals surface area contributed by atoms with Crippen molar-refractivity contribution in [1.29, 1.82) is 0 Å². The number of phenolic OH excluding ortho intramolecular Hbond substituents is 1. The number of carbonyl (C=O) groups excluding carboxylic acids is 2. The average molecular weight is 278 g/mol. The van der Waals surface area contributed by atoms with Crippen LogP contribution in [0.3, 0.4) is 0 Å². The van der Waals surface area contributed by atoms with Gasteiger partial charge < -0.3 is 15.3 Å². The largest absolute Gasteiger partial charge is 0.507 e. The molecule has 5 heteroatoms. The number of ketones is 1. The molecule has 0 atom stereocenters. The Morgan fingerprint density at radius 3 is 2.45 bits per heavy atom. The van der Waals surface area contributed by atoms with Crippen LogP contribution >= 0.6 is 0 Å². The van der Waals surface area contributed by atoms with Crippen LogP contribution in [0, 0.1) is 0 Å². The van der Waals surface area contributed by atoms with Crippen molar-refractivity contribution in [1.82, 2.24) is 4.90 Å². The molecule has 0 heterocycles. The highest BCUT2D eigenvalue weighted by Crippen LogP contribution is 2.31. The number of hydrogen-bond acceptors (Lipinski definition) is 4. The molecule has 1 rings (SSSR count). The SMILES string of the molecule is CCCc1c(NC(C)=O)ccc(C(=O)CN(C)C)c1O. The van der Waals surface area contributed by atoms with E-state index in [2.05, 4.69) is 5.32 Å². The number of anilines is 1. The summed E-state index contributed by atoms with van der Waals surface area (Å²) >= 11 is 0. The number of nitrogens with one attached hydrogen (secondary N) is 1. The second kappa shape index (κ2) is 7.05. The summed E-state index contributed by atoms with van der Waals surface area (Å²) in [4.78, 5) is 25.0. The zero-order chi connectivity index (χ0) is 15.3. The van der Waals surface area contributed by atoms with Gasteiger partial charge >= 0.3 is 0 Å². The van der Waals surface area contributed by atoms with E-state index in [1.165, 1.54) is 6.92 Å². The first-order valence-corrected chi connectivity index (χ1v) is 6.67. The Balaban J connectivity index is 3.20. The van der Waals surface area contributed by atoms with Crippen molar-refractivity contribution < 1.29 is 14.7 Å². The van der Waals surface area contributed by atoms with Crippen LogP contribution in [0.1, 0.15) is 36.2 Å². The van der Waals surface area contributed by atoms with Gasteiger partial charge in [-0.15, -0.1) is 0 Å². The lowest BCUT2D eigenvalue weighted by atomic mass is 9.99. The first kappa shape index (κ1) is 16.2. The van der Waals surface area contributed by atoms with Gasteiger partial charge in [-0.05, 0) is 32.6 Å². The van der Waals surface area contributed by atoms with Gasteiger partial charge in [0, 0.05) is 18.2 Å². The highest BCUT2D eigenvalue weighted by atomic mass is 16.3. The Labute approximate surface area is 119 Å². The van der Waals surface area contributed by atoms with E-state index in [1.54, 1.807) is 31.1 Å². The van der Waals surface area contributed by atoms with Crippen molar-refractivity contribution >= 4 is 17.4 Å². The average Bonchev–Trinajstić information content (AvgIpc) is 2.32. The summed E-state index contributed by atoms with van der Waals surface area (Å²) in [5.74, 6) is -0.363. The van der Waals surface area contributed by atoms with Crippen molar-refractivity contribution in [3.63, 3.8) is 0 Å². The molecule has 0 aliphatic rings. The molecule has 1 amide bonds. The number of nitrogens with zero attached hydrogens (tertiary/aromatic N) is 1. The molecule has 0 saturated heterocycles. The number of carbonyl (C=O) groups is 2. The van der Waals surface area contributed by atoms with E-state index in [1.807, 2.05) is 6.92 Å². The van der Waals surface area contributed by atoms with Crippen molar-refractivity contribution in [3.05, 3.63) is 23.3 Å². The summed E-state index contributed by atoms with van der Waals surface area (Å²) < 4.78 is 0. The van der Waals surface area contributed by atoms with Crippen LogP contribution in [0.2, 0.25) is 0 Å². The highest BCUT2D eigenvalue weighted by molar-refractivity contribution is 6.01. The lowest BCUT2D eigenvalue weighted by Crippen LogP contribution is -2.22. The Kier molecular flexibility index (Phi) is 5.70. The zero-order valence-corrected chi connectivity index (χ0v) is 12.5. The lowest BCUT2D eigenvalue weighted by molar-refractivity contribution is -0.114. The fraction of sp³-hybridized carbons (Fsp3) is 0.467. The second-order valence-electron chi connectivity index (χ2n) is 5.08. The smallest absolute Gasteiger partial charge is 0.221 e. The van der Waals surface area contributed by atoms with Crippen LogP contribution in [0.4, 0.5) is 5.69 Å². The van der Waals surface area contributed by atoms with E-state index in [9.17, 15) is 14.7 Å². The maximum absolute atomic E-state index is 12.1. The van der Waals surface area contributed by atoms with Crippen LogP contribution in [0.15, 0.2) is 12.1 Å². The predicted octanol–water partition coefficient (Wildman–Crippen LogP) is 2.05. The van der Waals surface area contributed by atoms with Gasteiger partial charge in [-0.3, -0.25) is 9.59 Å². The summed E-state index contributed by atoms with van der Waals surface area (Å²) in [5, 5.41) is 13.0. The molecular formula is C15H22N2O3. The molecule has 0 aliphatic carbocycles. The number of hydrogen-bond donors (Lipinski definition) is 2. The molecule has 0 bridgehead atoms. The minimum absolute atomic E-state index is 0.0232. The molecule has 0 fully saturated rings. The Bertz CT molecular complexity index is 510. The molecule has 1 aromatic rings. The summed E-state index contributed by atoms with van der Waals surface area (Å²) in [7, 11) is 3.60. The van der Waals surface area contributed by atoms with Crippen molar-refractivity contribution in [3.8, 4) is 5.75 Å². The van der Waals surface area contributed by atoms with E-state index < -0.39 is 0 Å². The number of rotatable bonds is 6. The van der Waals surface area contributed by atoms with Crippen LogP contribution < -0.4 is 5.32 Å². The Morgan fingerprint density at radius 1 is 1.30 bits per heavy atom. The number of amides is 1. The predicted molar refractivity (Wildman–Crippen MR) is 79.3 cm³/mol. The van der Waals surface area contributed by atoms with Gasteiger partial charge in [0.15, 0.2) is 5.78 Å². The molecule has 0 radical (unpaired) electrons. The van der Waals surface area contributed by atoms with E-state index in [4.69, 9.17) is 0 Å². The van der Waals surface area contributed by atoms with E-state index in [-0.39, 0.29) is 24.0 Å². The highest BCUT2D eigenvalue weighted by Gasteiger charge is 2.18. The molecule has 0 aromatic heterocycles. The minimum Gasteiger partial charge on any atom is -0.507 e.